The molecule has 0 radical (unpaired) electrons. The van der Waals surface area contributed by atoms with Crippen molar-refractivity contribution >= 4 is 34.7 Å². The van der Waals surface area contributed by atoms with E-state index in [1.54, 1.807) is 23.6 Å². The fourth-order valence-corrected chi connectivity index (χ4v) is 9.06. The van der Waals surface area contributed by atoms with Crippen LogP contribution in [0, 0.1) is 18.8 Å². The fourth-order valence-electron chi connectivity index (χ4n) is 9.06. The molecular weight excluding hydrogens is 642 g/mol. The van der Waals surface area contributed by atoms with Crippen LogP contribution in [0.2, 0.25) is 0 Å². The van der Waals surface area contributed by atoms with Gasteiger partial charge in [0, 0.05) is 65.5 Å². The van der Waals surface area contributed by atoms with Crippen LogP contribution in [0.4, 0.5) is 11.4 Å². The Labute approximate surface area is 286 Å². The Balaban J connectivity index is 1.15. The van der Waals surface area contributed by atoms with Gasteiger partial charge < -0.3 is 34.8 Å². The molecule has 50 heavy (non-hydrogen) atoms. The zero-order valence-corrected chi connectivity index (χ0v) is 27.9. The molecule has 256 valence electrons. The maximum atomic E-state index is 14.3. The van der Waals surface area contributed by atoms with Gasteiger partial charge in [-0.3, -0.25) is 24.0 Å². The van der Waals surface area contributed by atoms with Gasteiger partial charge in [0.2, 0.25) is 0 Å². The Bertz CT molecular complexity index is 2250. The highest BCUT2D eigenvalue weighted by molar-refractivity contribution is 6.31. The van der Waals surface area contributed by atoms with E-state index in [2.05, 4.69) is 10.2 Å². The van der Waals surface area contributed by atoms with E-state index in [4.69, 9.17) is 4.74 Å². The van der Waals surface area contributed by atoms with Crippen molar-refractivity contribution in [2.24, 2.45) is 11.8 Å². The van der Waals surface area contributed by atoms with E-state index in [-0.39, 0.29) is 69.3 Å². The Kier molecular flexibility index (Phi) is 6.75. The molecule has 2 bridgehead atoms. The number of aromatic nitrogens is 1. The molecule has 1 saturated heterocycles. The number of rotatable bonds is 4. The minimum atomic E-state index is -1.65. The first-order valence-corrected chi connectivity index (χ1v) is 16.6. The van der Waals surface area contributed by atoms with Crippen LogP contribution in [-0.4, -0.2) is 55.8 Å². The molecule has 1 fully saturated rings. The highest BCUT2D eigenvalue weighted by atomic mass is 16.5. The molecule has 5 atom stereocenters. The number of allylic oxidation sites excluding steroid dienone is 4. The normalized spacial score (nSPS) is 26.8. The lowest BCUT2D eigenvalue weighted by atomic mass is 9.70. The lowest BCUT2D eigenvalue weighted by Crippen LogP contribution is -2.60. The number of carbonyl (C=O) groups excluding carboxylic acids is 3. The number of hydrogen-bond donors (Lipinski definition) is 4. The van der Waals surface area contributed by atoms with Crippen LogP contribution in [0.25, 0.3) is 0 Å². The largest absolute Gasteiger partial charge is 0.507 e. The van der Waals surface area contributed by atoms with Crippen LogP contribution in [0.1, 0.15) is 65.9 Å². The third-order valence-corrected chi connectivity index (χ3v) is 11.4. The van der Waals surface area contributed by atoms with Gasteiger partial charge in [-0.25, -0.2) is 0 Å². The first-order valence-electron chi connectivity index (χ1n) is 16.6. The molecule has 1 aliphatic carbocycles. The number of aliphatic carboxylic acids is 1. The number of carboxylic acid groups (broad SMARTS) is 1. The van der Waals surface area contributed by atoms with Gasteiger partial charge in [0.25, 0.3) is 5.56 Å². The van der Waals surface area contributed by atoms with Crippen molar-refractivity contribution in [3.05, 3.63) is 97.8 Å². The fraction of sp³-hybridized carbons (Fsp3) is 0.342. The lowest BCUT2D eigenvalue weighted by molar-refractivity contribution is -0.143. The summed E-state index contributed by atoms with van der Waals surface area (Å²) < 4.78 is 7.66. The minimum Gasteiger partial charge on any atom is -0.507 e. The predicted molar refractivity (Wildman–Crippen MR) is 181 cm³/mol. The Morgan fingerprint density at radius 1 is 1.04 bits per heavy atom. The summed E-state index contributed by atoms with van der Waals surface area (Å²) in [5.74, 6) is -4.41. The number of pyridine rings is 1. The minimum absolute atomic E-state index is 0.00793. The molecule has 12 nitrogen and oxygen atoms in total. The molecular formula is C38H35N3O9. The lowest BCUT2D eigenvalue weighted by Gasteiger charge is -2.53. The maximum absolute atomic E-state index is 14.3. The Hall–Kier alpha value is -5.65. The number of piperidine rings is 1. The van der Waals surface area contributed by atoms with Crippen molar-refractivity contribution in [2.75, 3.05) is 16.8 Å². The summed E-state index contributed by atoms with van der Waals surface area (Å²) in [6, 6.07) is 10.6. The summed E-state index contributed by atoms with van der Waals surface area (Å²) in [6.45, 7) is 6.81. The van der Waals surface area contributed by atoms with Gasteiger partial charge >= 0.3 is 5.97 Å². The Morgan fingerprint density at radius 3 is 2.52 bits per heavy atom. The number of ketones is 3. The van der Waals surface area contributed by atoms with E-state index in [0.717, 1.165) is 23.4 Å². The van der Waals surface area contributed by atoms with Gasteiger partial charge in [-0.1, -0.05) is 6.07 Å². The monoisotopic (exact) mass is 677 g/mol. The Morgan fingerprint density at radius 2 is 1.80 bits per heavy atom. The SMILES string of the molecule is CC(=O)c1c(O)c(C)c(O)c2c1OC1=CC(=O)/C(=C(\C)Nc3ccc4c(c3)C[C@@H](C(=O)O)[C@@H]3[C@H]5C[C@@H](CN43)c3cccc(=O)n3C5)C(=O)[C@@]12C. The summed E-state index contributed by atoms with van der Waals surface area (Å²) in [7, 11) is 0. The van der Waals surface area contributed by atoms with E-state index in [0.29, 0.717) is 18.8 Å². The van der Waals surface area contributed by atoms with Gasteiger partial charge in [-0.15, -0.1) is 0 Å². The molecule has 0 unspecified atom stereocenters. The maximum Gasteiger partial charge on any atom is 0.308 e. The first-order chi connectivity index (χ1) is 23.7. The zero-order valence-electron chi connectivity index (χ0n) is 27.9. The quantitative estimate of drug-likeness (QED) is 0.178. The van der Waals surface area contributed by atoms with E-state index in [1.807, 2.05) is 24.3 Å². The molecule has 1 aromatic heterocycles. The molecule has 4 N–H and O–H groups in total. The van der Waals surface area contributed by atoms with Crippen LogP contribution >= 0.6 is 0 Å². The second kappa shape index (κ2) is 10.7. The molecule has 0 spiro atoms. The number of nitrogens with zero attached hydrogens (tertiary/aromatic N) is 2. The summed E-state index contributed by atoms with van der Waals surface area (Å²) in [6.07, 6.45) is 2.26. The third kappa shape index (κ3) is 4.20. The number of ether oxygens (including phenoxy) is 1. The van der Waals surface area contributed by atoms with Crippen molar-refractivity contribution < 1.29 is 39.2 Å². The smallest absolute Gasteiger partial charge is 0.308 e. The van der Waals surface area contributed by atoms with Gasteiger partial charge in [-0.2, -0.15) is 0 Å². The average molecular weight is 678 g/mol. The molecule has 4 aliphatic heterocycles. The number of fused-ring (bicyclic) bond motifs is 11. The molecule has 8 rings (SSSR count). The van der Waals surface area contributed by atoms with Crippen molar-refractivity contribution in [2.45, 2.75) is 64.5 Å². The van der Waals surface area contributed by atoms with Crippen molar-refractivity contribution in [3.8, 4) is 17.2 Å². The standard InChI is InChI=1S/C38H35N3O9/c1-16-33(45)30(18(3)42)35-31(34(16)46)38(4)27(50-35)13-26(43)29(36(38)47)17(2)39-22-8-9-25-19(11-22)12-23(37(48)49)32-21-10-20(14-41(25)32)24-6-5-7-28(44)40(24)15-21/h5-9,11,13,20-21,23,32,39,45-46H,10,12,14-15H2,1-4H3,(H,48,49)/b29-17-/t20-,21-,23+,32-,38-/m0/s1. The molecule has 3 aromatic rings. The number of nitrogens with one attached hydrogen (secondary N) is 1. The van der Waals surface area contributed by atoms with Crippen LogP contribution < -0.4 is 20.5 Å². The molecule has 5 aliphatic rings. The average Bonchev–Trinajstić information content (AvgIpc) is 3.36. The van der Waals surface area contributed by atoms with E-state index >= 15 is 0 Å². The summed E-state index contributed by atoms with van der Waals surface area (Å²) in [5.41, 5.74) is 1.45. The number of benzene rings is 2. The molecule has 0 saturated carbocycles. The zero-order chi connectivity index (χ0) is 35.5. The predicted octanol–water partition coefficient (Wildman–Crippen LogP) is 4.09. The number of anilines is 2. The van der Waals surface area contributed by atoms with E-state index < -0.39 is 46.2 Å². The molecule has 12 heteroatoms. The van der Waals surface area contributed by atoms with Gasteiger partial charge in [-0.05, 0) is 76.3 Å². The summed E-state index contributed by atoms with van der Waals surface area (Å²) in [4.78, 5) is 67.9. The van der Waals surface area contributed by atoms with Crippen molar-refractivity contribution in [1.82, 2.24) is 4.57 Å². The number of hydrogen-bond acceptors (Lipinski definition) is 10. The number of Topliss-reactive ketones (excluding diaryl/α,β-unsaturated/α-hetero) is 2. The number of phenolic OH excluding ortho intramolecular Hbond substituents is 2. The highest BCUT2D eigenvalue weighted by Crippen LogP contribution is 2.57. The van der Waals surface area contributed by atoms with Gasteiger partial charge in [0.05, 0.1) is 17.1 Å². The second-order valence-electron chi connectivity index (χ2n) is 14.2. The topological polar surface area (TPSA) is 175 Å². The number of aromatic hydroxyl groups is 2. The van der Waals surface area contributed by atoms with E-state index in [9.17, 15) is 39.3 Å². The number of carboxylic acids is 1. The van der Waals surface area contributed by atoms with Crippen LogP contribution in [-0.2, 0) is 32.8 Å². The second-order valence-corrected chi connectivity index (χ2v) is 14.2. The van der Waals surface area contributed by atoms with Gasteiger partial charge in [0.15, 0.2) is 17.3 Å². The molecule has 0 amide bonds. The molecule has 2 aromatic carbocycles. The van der Waals surface area contributed by atoms with Gasteiger partial charge in [0.1, 0.15) is 34.0 Å². The van der Waals surface area contributed by atoms with E-state index in [1.165, 1.54) is 26.8 Å². The van der Waals surface area contributed by atoms with Crippen molar-refractivity contribution in [3.63, 3.8) is 0 Å². The van der Waals surface area contributed by atoms with Crippen LogP contribution in [0.5, 0.6) is 17.2 Å². The molecule has 5 heterocycles. The summed E-state index contributed by atoms with van der Waals surface area (Å²) in [5, 5.41) is 35.3. The number of phenols is 2. The van der Waals surface area contributed by atoms with Crippen molar-refractivity contribution in [1.29, 1.82) is 0 Å². The number of carbonyl (C=O) groups is 4. The van der Waals surface area contributed by atoms with Crippen LogP contribution in [0.3, 0.4) is 0 Å². The highest BCUT2D eigenvalue weighted by Gasteiger charge is 2.56. The third-order valence-electron chi connectivity index (χ3n) is 11.4. The first kappa shape index (κ1) is 31.6. The summed E-state index contributed by atoms with van der Waals surface area (Å²) >= 11 is 0. The van der Waals surface area contributed by atoms with Crippen LogP contribution in [0.15, 0.2) is 64.3 Å².